The molecule has 0 aliphatic heterocycles. The molecule has 2 aromatic rings. The topological polar surface area (TPSA) is 69.9 Å². The lowest BCUT2D eigenvalue weighted by Crippen LogP contribution is -2.03. The summed E-state index contributed by atoms with van der Waals surface area (Å²) in [6.45, 7) is 5.90. The maximum atomic E-state index is 11.4. The summed E-state index contributed by atoms with van der Waals surface area (Å²) in [5.41, 5.74) is 1.85. The van der Waals surface area contributed by atoms with Crippen LogP contribution >= 0.6 is 11.3 Å². The Morgan fingerprint density at radius 2 is 2.24 bits per heavy atom. The minimum absolute atomic E-state index is 0.245. The maximum Gasteiger partial charge on any atom is 0.369 e. The monoisotopic (exact) mass is 252 g/mol. The van der Waals surface area contributed by atoms with Crippen LogP contribution in [0, 0.1) is 13.8 Å². The second-order valence-corrected chi connectivity index (χ2v) is 4.41. The highest BCUT2D eigenvalue weighted by atomic mass is 32.1. The fraction of sp³-hybridized carbons (Fsp3) is 0.400. The number of rotatable bonds is 3. The Balaban J connectivity index is 2.30. The second-order valence-electron chi connectivity index (χ2n) is 3.45. The third-order valence-corrected chi connectivity index (χ3v) is 2.93. The van der Waals surface area contributed by atoms with Gasteiger partial charge in [0.15, 0.2) is 0 Å². The van der Waals surface area contributed by atoms with Gasteiger partial charge < -0.3 is 4.74 Å². The fourth-order valence-electron chi connectivity index (χ4n) is 1.40. The minimum atomic E-state index is -0.446. The highest BCUT2D eigenvalue weighted by molar-refractivity contribution is 7.15. The Morgan fingerprint density at radius 3 is 2.82 bits per heavy atom. The van der Waals surface area contributed by atoms with Gasteiger partial charge in [0, 0.05) is 5.69 Å². The lowest BCUT2D eigenvalue weighted by atomic mass is 10.4. The van der Waals surface area contributed by atoms with Crippen LogP contribution < -0.4 is 0 Å². The smallest absolute Gasteiger partial charge is 0.369 e. The summed E-state index contributed by atoms with van der Waals surface area (Å²) < 4.78 is 6.51. The Labute approximate surface area is 102 Å². The molecule has 0 aliphatic carbocycles. The van der Waals surface area contributed by atoms with Crippen LogP contribution in [0.3, 0.4) is 0 Å². The molecule has 0 atom stereocenters. The van der Waals surface area contributed by atoms with Crippen LogP contribution in [0.1, 0.15) is 28.1 Å². The molecule has 0 aliphatic rings. The van der Waals surface area contributed by atoms with Crippen molar-refractivity contribution in [2.24, 2.45) is 0 Å². The molecule has 0 amide bonds. The molecular weight excluding hydrogens is 240 g/mol. The van der Waals surface area contributed by atoms with E-state index in [-0.39, 0.29) is 5.01 Å². The van der Waals surface area contributed by atoms with E-state index in [9.17, 15) is 4.79 Å². The van der Waals surface area contributed by atoms with Crippen LogP contribution in [0.15, 0.2) is 6.07 Å². The van der Waals surface area contributed by atoms with Crippen molar-refractivity contribution in [2.75, 3.05) is 6.61 Å². The number of carbonyl (C=O) groups excluding carboxylic acids is 1. The quantitative estimate of drug-likeness (QED) is 0.774. The lowest BCUT2D eigenvalue weighted by molar-refractivity contribution is 0.0525. The molecule has 0 bridgehead atoms. The van der Waals surface area contributed by atoms with Gasteiger partial charge in [0.1, 0.15) is 0 Å². The Kier molecular flexibility index (Phi) is 3.19. The van der Waals surface area contributed by atoms with Gasteiger partial charge >= 0.3 is 5.97 Å². The van der Waals surface area contributed by atoms with Crippen LogP contribution in [0.25, 0.3) is 5.13 Å². The summed E-state index contributed by atoms with van der Waals surface area (Å²) in [5, 5.41) is 12.8. The molecule has 0 unspecified atom stereocenters. The third-order valence-electron chi connectivity index (χ3n) is 2.06. The van der Waals surface area contributed by atoms with E-state index in [1.165, 1.54) is 11.3 Å². The summed E-state index contributed by atoms with van der Waals surface area (Å²) in [4.78, 5) is 11.4. The van der Waals surface area contributed by atoms with Crippen molar-refractivity contribution < 1.29 is 9.53 Å². The Hall–Kier alpha value is -1.76. The molecule has 0 fully saturated rings. The summed E-state index contributed by atoms with van der Waals surface area (Å²) in [6, 6.07) is 1.94. The van der Waals surface area contributed by atoms with E-state index in [1.807, 2.05) is 19.9 Å². The molecule has 0 aromatic carbocycles. The van der Waals surface area contributed by atoms with Crippen molar-refractivity contribution in [1.29, 1.82) is 0 Å². The van der Waals surface area contributed by atoms with Crippen molar-refractivity contribution in [1.82, 2.24) is 20.0 Å². The molecule has 0 saturated carbocycles. The largest absolute Gasteiger partial charge is 0.461 e. The van der Waals surface area contributed by atoms with Gasteiger partial charge in [0.05, 0.1) is 12.3 Å². The van der Waals surface area contributed by atoms with Gasteiger partial charge in [-0.15, -0.1) is 10.2 Å². The zero-order valence-corrected chi connectivity index (χ0v) is 10.6. The molecule has 90 valence electrons. The number of hydrogen-bond acceptors (Lipinski definition) is 6. The average molecular weight is 252 g/mol. The Bertz CT molecular complexity index is 546. The number of aryl methyl sites for hydroxylation is 2. The first-order valence-electron chi connectivity index (χ1n) is 5.16. The molecule has 17 heavy (non-hydrogen) atoms. The van der Waals surface area contributed by atoms with Crippen LogP contribution in [-0.4, -0.2) is 32.6 Å². The first-order valence-corrected chi connectivity index (χ1v) is 5.97. The lowest BCUT2D eigenvalue weighted by Gasteiger charge is -1.96. The highest BCUT2D eigenvalue weighted by Gasteiger charge is 2.16. The zero-order valence-electron chi connectivity index (χ0n) is 9.80. The first kappa shape index (κ1) is 11.7. The molecular formula is C10H12N4O2S. The molecule has 0 N–H and O–H groups in total. The summed E-state index contributed by atoms with van der Waals surface area (Å²) in [5.74, 6) is -0.446. The number of esters is 1. The number of aromatic nitrogens is 4. The predicted octanol–water partition coefficient (Wildman–Crippen LogP) is 1.52. The standard InChI is InChI=1S/C10H12N4O2S/c1-4-16-9(15)8-11-12-10(17-8)14-7(3)5-6(2)13-14/h5H,4H2,1-3H3. The SMILES string of the molecule is CCOC(=O)c1nnc(-n2nc(C)cc2C)s1. The van der Waals surface area contributed by atoms with Crippen LogP contribution in [0.4, 0.5) is 0 Å². The highest BCUT2D eigenvalue weighted by Crippen LogP contribution is 2.17. The molecule has 2 rings (SSSR count). The van der Waals surface area contributed by atoms with Gasteiger partial charge in [-0.2, -0.15) is 5.10 Å². The molecule has 6 nitrogen and oxygen atoms in total. The number of nitrogens with zero attached hydrogens (tertiary/aromatic N) is 4. The predicted molar refractivity (Wildman–Crippen MR) is 62.5 cm³/mol. The number of ether oxygens (including phenoxy) is 1. The summed E-state index contributed by atoms with van der Waals surface area (Å²) in [6.07, 6.45) is 0. The van der Waals surface area contributed by atoms with E-state index in [1.54, 1.807) is 11.6 Å². The maximum absolute atomic E-state index is 11.4. The molecule has 0 spiro atoms. The van der Waals surface area contributed by atoms with Crippen molar-refractivity contribution >= 4 is 17.3 Å². The van der Waals surface area contributed by atoms with Gasteiger partial charge in [-0.05, 0) is 26.8 Å². The zero-order chi connectivity index (χ0) is 12.4. The number of hydrogen-bond donors (Lipinski definition) is 0. The van der Waals surface area contributed by atoms with Crippen molar-refractivity contribution in [3.8, 4) is 5.13 Å². The van der Waals surface area contributed by atoms with E-state index < -0.39 is 5.97 Å². The van der Waals surface area contributed by atoms with Gasteiger partial charge in [0.25, 0.3) is 0 Å². The number of carbonyl (C=O) groups is 1. The van der Waals surface area contributed by atoms with Crippen LogP contribution in [-0.2, 0) is 4.74 Å². The normalized spacial score (nSPS) is 10.5. The average Bonchev–Trinajstić information content (AvgIpc) is 2.85. The van der Waals surface area contributed by atoms with Gasteiger partial charge in [-0.25, -0.2) is 9.48 Å². The van der Waals surface area contributed by atoms with Gasteiger partial charge in [0.2, 0.25) is 10.1 Å². The van der Waals surface area contributed by atoms with E-state index in [2.05, 4.69) is 15.3 Å². The van der Waals surface area contributed by atoms with E-state index >= 15 is 0 Å². The Morgan fingerprint density at radius 1 is 1.47 bits per heavy atom. The molecule has 2 aromatic heterocycles. The fourth-order valence-corrected chi connectivity index (χ4v) is 2.15. The summed E-state index contributed by atoms with van der Waals surface area (Å²) in [7, 11) is 0. The van der Waals surface area contributed by atoms with E-state index in [0.717, 1.165) is 11.4 Å². The minimum Gasteiger partial charge on any atom is -0.461 e. The second kappa shape index (κ2) is 4.62. The van der Waals surface area contributed by atoms with Gasteiger partial charge in [-0.3, -0.25) is 0 Å². The van der Waals surface area contributed by atoms with E-state index in [4.69, 9.17) is 4.74 Å². The van der Waals surface area contributed by atoms with Crippen molar-refractivity contribution in [2.45, 2.75) is 20.8 Å². The van der Waals surface area contributed by atoms with Crippen molar-refractivity contribution in [3.63, 3.8) is 0 Å². The first-order chi connectivity index (χ1) is 8.11. The van der Waals surface area contributed by atoms with E-state index in [0.29, 0.717) is 11.7 Å². The van der Waals surface area contributed by atoms with Crippen molar-refractivity contribution in [3.05, 3.63) is 22.5 Å². The third kappa shape index (κ3) is 2.33. The molecule has 7 heteroatoms. The summed E-state index contributed by atoms with van der Waals surface area (Å²) >= 11 is 1.17. The molecule has 2 heterocycles. The molecule has 0 radical (unpaired) electrons. The van der Waals surface area contributed by atoms with Crippen LogP contribution in [0.5, 0.6) is 0 Å². The van der Waals surface area contributed by atoms with Gasteiger partial charge in [-0.1, -0.05) is 11.3 Å². The molecule has 0 saturated heterocycles. The van der Waals surface area contributed by atoms with Crippen LogP contribution in [0.2, 0.25) is 0 Å².